The number of nitrogens with one attached hydrogen (secondary N) is 2. The molecular formula is C26H25N3O4S. The van der Waals surface area contributed by atoms with Gasteiger partial charge in [-0.25, -0.2) is 4.79 Å². The number of methoxy groups -OCH3 is 1. The van der Waals surface area contributed by atoms with Crippen LogP contribution in [0.5, 0.6) is 0 Å². The zero-order valence-corrected chi connectivity index (χ0v) is 20.0. The number of ether oxygens (including phenoxy) is 1. The average molecular weight is 476 g/mol. The van der Waals surface area contributed by atoms with Crippen molar-refractivity contribution in [2.45, 2.75) is 26.9 Å². The van der Waals surface area contributed by atoms with Gasteiger partial charge in [-0.15, -0.1) is 0 Å². The molecule has 7 nitrogen and oxygen atoms in total. The van der Waals surface area contributed by atoms with Crippen molar-refractivity contribution in [3.8, 4) is 0 Å². The number of hydrogen-bond acceptors (Lipinski definition) is 5. The van der Waals surface area contributed by atoms with Crippen molar-refractivity contribution in [3.63, 3.8) is 0 Å². The Morgan fingerprint density at radius 2 is 1.85 bits per heavy atom. The monoisotopic (exact) mass is 475 g/mol. The molecule has 0 atom stereocenters. The van der Waals surface area contributed by atoms with Crippen LogP contribution in [0.2, 0.25) is 0 Å². The van der Waals surface area contributed by atoms with Crippen LogP contribution in [0.25, 0.3) is 10.9 Å². The number of aromatic nitrogens is 1. The Morgan fingerprint density at radius 1 is 1.09 bits per heavy atom. The van der Waals surface area contributed by atoms with E-state index in [0.29, 0.717) is 34.2 Å². The number of carbonyl (C=O) groups excluding carboxylic acids is 1. The van der Waals surface area contributed by atoms with E-state index >= 15 is 0 Å². The predicted molar refractivity (Wildman–Crippen MR) is 136 cm³/mol. The molecule has 0 fully saturated rings. The number of pyridine rings is 1. The molecule has 0 spiro atoms. The summed E-state index contributed by atoms with van der Waals surface area (Å²) in [6.07, 6.45) is 1.59. The Morgan fingerprint density at radius 3 is 2.59 bits per heavy atom. The molecule has 0 saturated heterocycles. The quantitative estimate of drug-likeness (QED) is 0.302. The number of H-pyrrole nitrogens is 1. The molecule has 0 amide bonds. The number of aryl methyl sites for hydroxylation is 2. The van der Waals surface area contributed by atoms with Gasteiger partial charge in [0, 0.05) is 11.1 Å². The second kappa shape index (κ2) is 9.93. The Balaban J connectivity index is 1.67. The smallest absolute Gasteiger partial charge is 0.339 e. The fourth-order valence-electron chi connectivity index (χ4n) is 3.71. The number of anilines is 1. The number of rotatable bonds is 6. The molecule has 0 aliphatic carbocycles. The Hall–Kier alpha value is -3.91. The van der Waals surface area contributed by atoms with Crippen molar-refractivity contribution in [1.82, 2.24) is 9.88 Å². The summed E-state index contributed by atoms with van der Waals surface area (Å²) in [7, 11) is 1.33. The number of benzene rings is 2. The second-order valence-corrected chi connectivity index (χ2v) is 8.44. The number of nitrogens with zero attached hydrogens (tertiary/aromatic N) is 1. The minimum Gasteiger partial charge on any atom is -0.467 e. The summed E-state index contributed by atoms with van der Waals surface area (Å²) >= 11 is 5.70. The molecule has 0 bridgehead atoms. The molecule has 34 heavy (non-hydrogen) atoms. The summed E-state index contributed by atoms with van der Waals surface area (Å²) in [6.45, 7) is 4.64. The van der Waals surface area contributed by atoms with E-state index in [1.165, 1.54) is 7.11 Å². The second-order valence-electron chi connectivity index (χ2n) is 8.05. The first-order valence-corrected chi connectivity index (χ1v) is 11.2. The van der Waals surface area contributed by atoms with Gasteiger partial charge in [-0.3, -0.25) is 4.79 Å². The molecule has 0 saturated carbocycles. The highest BCUT2D eigenvalue weighted by atomic mass is 32.1. The van der Waals surface area contributed by atoms with Crippen molar-refractivity contribution in [3.05, 3.63) is 99.2 Å². The minimum absolute atomic E-state index is 0.182. The van der Waals surface area contributed by atoms with Gasteiger partial charge in [-0.2, -0.15) is 0 Å². The molecule has 2 aromatic carbocycles. The Bertz CT molecular complexity index is 1410. The number of carbonyl (C=O) groups is 1. The number of esters is 1. The number of aromatic amines is 1. The van der Waals surface area contributed by atoms with Gasteiger partial charge in [-0.05, 0) is 85.0 Å². The van der Waals surface area contributed by atoms with Crippen LogP contribution in [-0.2, 0) is 17.8 Å². The molecule has 2 N–H and O–H groups in total. The summed E-state index contributed by atoms with van der Waals surface area (Å²) in [5.74, 6) is 0.217. The first-order valence-electron chi connectivity index (χ1n) is 10.7. The third kappa shape index (κ3) is 5.02. The van der Waals surface area contributed by atoms with Crippen LogP contribution in [0.1, 0.15) is 32.8 Å². The fourth-order valence-corrected chi connectivity index (χ4v) is 3.95. The van der Waals surface area contributed by atoms with Gasteiger partial charge < -0.3 is 24.4 Å². The van der Waals surface area contributed by atoms with Crippen molar-refractivity contribution in [2.24, 2.45) is 0 Å². The van der Waals surface area contributed by atoms with Crippen LogP contribution in [0.4, 0.5) is 5.69 Å². The van der Waals surface area contributed by atoms with E-state index in [9.17, 15) is 9.59 Å². The van der Waals surface area contributed by atoms with Crippen molar-refractivity contribution in [1.29, 1.82) is 0 Å². The van der Waals surface area contributed by atoms with E-state index in [0.717, 1.165) is 22.0 Å². The summed E-state index contributed by atoms with van der Waals surface area (Å²) in [5.41, 5.74) is 4.31. The number of fused-ring (bicyclic) bond motifs is 1. The van der Waals surface area contributed by atoms with Crippen molar-refractivity contribution < 1.29 is 13.9 Å². The first kappa shape index (κ1) is 23.3. The van der Waals surface area contributed by atoms with Crippen LogP contribution >= 0.6 is 12.2 Å². The average Bonchev–Trinajstić information content (AvgIpc) is 3.33. The van der Waals surface area contributed by atoms with Gasteiger partial charge in [0.2, 0.25) is 0 Å². The zero-order valence-electron chi connectivity index (χ0n) is 19.2. The molecular weight excluding hydrogens is 450 g/mol. The third-order valence-corrected chi connectivity index (χ3v) is 6.04. The van der Waals surface area contributed by atoms with Crippen LogP contribution in [0.15, 0.2) is 70.1 Å². The molecule has 0 aliphatic rings. The van der Waals surface area contributed by atoms with E-state index in [1.807, 2.05) is 36.9 Å². The van der Waals surface area contributed by atoms with Crippen LogP contribution < -0.4 is 10.9 Å². The normalized spacial score (nSPS) is 10.8. The molecule has 8 heteroatoms. The lowest BCUT2D eigenvalue weighted by atomic mass is 10.0. The topological polar surface area (TPSA) is 87.6 Å². The lowest BCUT2D eigenvalue weighted by Gasteiger charge is -2.25. The lowest BCUT2D eigenvalue weighted by Crippen LogP contribution is -2.35. The van der Waals surface area contributed by atoms with Gasteiger partial charge in [0.15, 0.2) is 5.11 Å². The summed E-state index contributed by atoms with van der Waals surface area (Å²) in [4.78, 5) is 29.9. The standard InChI is InChI=1S/C26H25N3O4S/c1-16-11-18-13-19(24(30)27-23(18)12-17(16)2)14-29(15-20-7-6-10-33-20)26(34)28-22-9-5-4-8-21(22)25(31)32-3/h4-13H,14-15H2,1-3H3,(H,27,30)(H,28,34). The van der Waals surface area contributed by atoms with Crippen molar-refractivity contribution >= 4 is 39.9 Å². The molecule has 0 radical (unpaired) electrons. The highest BCUT2D eigenvalue weighted by molar-refractivity contribution is 7.80. The van der Waals surface area contributed by atoms with E-state index in [-0.39, 0.29) is 12.1 Å². The van der Waals surface area contributed by atoms with Crippen LogP contribution in [0, 0.1) is 13.8 Å². The van der Waals surface area contributed by atoms with Crippen LogP contribution in [-0.4, -0.2) is 28.1 Å². The summed E-state index contributed by atoms with van der Waals surface area (Å²) in [6, 6.07) is 16.5. The summed E-state index contributed by atoms with van der Waals surface area (Å²) < 4.78 is 10.4. The predicted octanol–water partition coefficient (Wildman–Crippen LogP) is 4.92. The number of furan rings is 1. The summed E-state index contributed by atoms with van der Waals surface area (Å²) in [5, 5.41) is 4.42. The largest absolute Gasteiger partial charge is 0.467 e. The van der Waals surface area contributed by atoms with E-state index in [1.54, 1.807) is 36.6 Å². The van der Waals surface area contributed by atoms with Gasteiger partial charge >= 0.3 is 5.97 Å². The van der Waals surface area contributed by atoms with Crippen molar-refractivity contribution in [2.75, 3.05) is 12.4 Å². The molecule has 4 rings (SSSR count). The Kier molecular flexibility index (Phi) is 6.79. The van der Waals surface area contributed by atoms with Crippen LogP contribution in [0.3, 0.4) is 0 Å². The van der Waals surface area contributed by atoms with Gasteiger partial charge in [0.25, 0.3) is 5.56 Å². The molecule has 4 aromatic rings. The number of hydrogen-bond donors (Lipinski definition) is 2. The Labute approximate surface area is 202 Å². The lowest BCUT2D eigenvalue weighted by molar-refractivity contribution is 0.0602. The third-order valence-electron chi connectivity index (χ3n) is 5.68. The maximum atomic E-state index is 12.9. The SMILES string of the molecule is COC(=O)c1ccccc1NC(=S)N(Cc1ccco1)Cc1cc2cc(C)c(C)cc2[nH]c1=O. The fraction of sp³-hybridized carbons (Fsp3) is 0.192. The first-order chi connectivity index (χ1) is 16.4. The van der Waals surface area contributed by atoms with Gasteiger partial charge in [0.05, 0.1) is 37.7 Å². The maximum absolute atomic E-state index is 12.9. The highest BCUT2D eigenvalue weighted by Gasteiger charge is 2.18. The van der Waals surface area contributed by atoms with Gasteiger partial charge in [-0.1, -0.05) is 12.1 Å². The van der Waals surface area contributed by atoms with E-state index < -0.39 is 5.97 Å². The maximum Gasteiger partial charge on any atom is 0.339 e. The molecule has 174 valence electrons. The van der Waals surface area contributed by atoms with E-state index in [4.69, 9.17) is 21.4 Å². The molecule has 2 aromatic heterocycles. The minimum atomic E-state index is -0.472. The van der Waals surface area contributed by atoms with E-state index in [2.05, 4.69) is 16.4 Å². The zero-order chi connectivity index (χ0) is 24.2. The number of thiocarbonyl (C=S) groups is 1. The molecule has 2 heterocycles. The van der Waals surface area contributed by atoms with Gasteiger partial charge in [0.1, 0.15) is 5.76 Å². The number of para-hydroxylation sites is 1. The molecule has 0 aliphatic heterocycles. The molecule has 0 unspecified atom stereocenters. The highest BCUT2D eigenvalue weighted by Crippen LogP contribution is 2.20.